The van der Waals surface area contributed by atoms with Crippen molar-refractivity contribution in [2.24, 2.45) is 0 Å². The number of urea groups is 1. The summed E-state index contributed by atoms with van der Waals surface area (Å²) in [5, 5.41) is 13.9. The minimum Gasteiger partial charge on any atom is -0.338 e. The molecule has 0 aliphatic heterocycles. The van der Waals surface area contributed by atoms with Gasteiger partial charge in [-0.3, -0.25) is 15.0 Å². The molecule has 2 unspecified atom stereocenters. The van der Waals surface area contributed by atoms with Gasteiger partial charge in [-0.05, 0) is 39.9 Å². The number of rotatable bonds is 9. The summed E-state index contributed by atoms with van der Waals surface area (Å²) < 4.78 is 2.06. The molecule has 2 aromatic rings. The molecule has 0 radical (unpaired) electrons. The maximum atomic E-state index is 12.3. The molecule has 0 aliphatic rings. The number of nitrogens with zero attached hydrogens (tertiary/aromatic N) is 4. The fourth-order valence-electron chi connectivity index (χ4n) is 2.96. The van der Waals surface area contributed by atoms with Crippen LogP contribution in [-0.2, 0) is 11.3 Å². The predicted molar refractivity (Wildman–Crippen MR) is 115 cm³/mol. The van der Waals surface area contributed by atoms with Crippen molar-refractivity contribution in [2.75, 3.05) is 20.6 Å². The van der Waals surface area contributed by atoms with Crippen LogP contribution in [0.3, 0.4) is 0 Å². The Morgan fingerprint density at radius 3 is 2.45 bits per heavy atom. The van der Waals surface area contributed by atoms with E-state index in [4.69, 9.17) is 0 Å². The summed E-state index contributed by atoms with van der Waals surface area (Å²) in [6.07, 6.45) is 0.887. The van der Waals surface area contributed by atoms with Crippen molar-refractivity contribution in [3.8, 4) is 0 Å². The Labute approximate surface area is 176 Å². The molecule has 0 fully saturated rings. The zero-order valence-electron chi connectivity index (χ0n) is 17.7. The molecule has 0 saturated heterocycles. The molecule has 2 rings (SSSR count). The van der Waals surface area contributed by atoms with Crippen LogP contribution in [0.4, 0.5) is 4.79 Å². The van der Waals surface area contributed by atoms with E-state index in [0.717, 1.165) is 17.8 Å². The number of nitrogens with one attached hydrogen (secondary N) is 2. The fraction of sp³-hybridized carbons (Fsp3) is 0.500. The minimum absolute atomic E-state index is 0.111. The topological polar surface area (TPSA) is 92.2 Å². The second kappa shape index (κ2) is 11.0. The molecule has 29 heavy (non-hydrogen) atoms. The highest BCUT2D eigenvalue weighted by Crippen LogP contribution is 2.28. The maximum absolute atomic E-state index is 12.3. The van der Waals surface area contributed by atoms with Crippen molar-refractivity contribution < 1.29 is 9.59 Å². The summed E-state index contributed by atoms with van der Waals surface area (Å²) in [5.74, 6) is 0.497. The fourth-order valence-corrected chi connectivity index (χ4v) is 3.81. The molecule has 1 aromatic carbocycles. The molecule has 0 aliphatic carbocycles. The Balaban J connectivity index is 2.27. The molecule has 2 atom stereocenters. The van der Waals surface area contributed by atoms with Crippen molar-refractivity contribution in [3.05, 3.63) is 41.7 Å². The van der Waals surface area contributed by atoms with Gasteiger partial charge in [-0.2, -0.15) is 0 Å². The van der Waals surface area contributed by atoms with E-state index in [1.54, 1.807) is 13.8 Å². The largest absolute Gasteiger partial charge is 0.338 e. The van der Waals surface area contributed by atoms with E-state index in [-0.39, 0.29) is 11.9 Å². The third kappa shape index (κ3) is 6.30. The second-order valence-corrected chi connectivity index (χ2v) is 8.22. The number of aromatic nitrogens is 3. The monoisotopic (exact) mass is 418 g/mol. The molecule has 8 nitrogen and oxygen atoms in total. The average molecular weight is 419 g/mol. The van der Waals surface area contributed by atoms with Gasteiger partial charge in [0.25, 0.3) is 0 Å². The van der Waals surface area contributed by atoms with Crippen molar-refractivity contribution in [2.45, 2.75) is 50.2 Å². The van der Waals surface area contributed by atoms with Crippen LogP contribution in [0.5, 0.6) is 0 Å². The van der Waals surface area contributed by atoms with Crippen LogP contribution in [0.15, 0.2) is 35.5 Å². The summed E-state index contributed by atoms with van der Waals surface area (Å²) in [6, 6.07) is 9.71. The third-order valence-corrected chi connectivity index (χ3v) is 5.54. The molecule has 2 N–H and O–H groups in total. The normalized spacial score (nSPS) is 13.2. The summed E-state index contributed by atoms with van der Waals surface area (Å²) in [6.45, 7) is 6.73. The molecule has 0 saturated carbocycles. The van der Waals surface area contributed by atoms with Crippen LogP contribution in [0.25, 0.3) is 0 Å². The molecule has 0 spiro atoms. The van der Waals surface area contributed by atoms with E-state index in [1.165, 1.54) is 11.8 Å². The van der Waals surface area contributed by atoms with Gasteiger partial charge in [-0.1, -0.05) is 49.0 Å². The van der Waals surface area contributed by atoms with E-state index in [1.807, 2.05) is 32.3 Å². The molecule has 158 valence electrons. The highest BCUT2D eigenvalue weighted by atomic mass is 32.2. The Morgan fingerprint density at radius 2 is 1.86 bits per heavy atom. The van der Waals surface area contributed by atoms with Crippen molar-refractivity contribution in [1.82, 2.24) is 30.3 Å². The molecule has 3 amide bonds. The Bertz CT molecular complexity index is 809. The van der Waals surface area contributed by atoms with Gasteiger partial charge >= 0.3 is 6.03 Å². The van der Waals surface area contributed by atoms with E-state index in [2.05, 4.69) is 49.4 Å². The van der Waals surface area contributed by atoms with Crippen LogP contribution < -0.4 is 10.6 Å². The van der Waals surface area contributed by atoms with Crippen LogP contribution in [-0.4, -0.2) is 57.5 Å². The number of hydrogen-bond acceptors (Lipinski definition) is 6. The van der Waals surface area contributed by atoms with Gasteiger partial charge < -0.3 is 9.88 Å². The molecule has 1 aromatic heterocycles. The summed E-state index contributed by atoms with van der Waals surface area (Å²) in [7, 11) is 4.04. The van der Waals surface area contributed by atoms with Gasteiger partial charge in [0.1, 0.15) is 0 Å². The molecular weight excluding hydrogens is 388 g/mol. The zero-order valence-corrected chi connectivity index (χ0v) is 18.5. The lowest BCUT2D eigenvalue weighted by Crippen LogP contribution is -2.42. The zero-order chi connectivity index (χ0) is 21.4. The van der Waals surface area contributed by atoms with Gasteiger partial charge in [-0.25, -0.2) is 4.79 Å². The standard InChI is InChI=1S/C20H30N6O2S/c1-6-16(25(4)5)17-23-24-20(26(17)13-15-11-9-8-10-12-15)29-14(3)18(27)22-19(28)21-7-2/h8-12,14,16H,6-7,13H2,1-5H3,(H2,21,22,27,28). The SMILES string of the molecule is CCNC(=O)NC(=O)C(C)Sc1nnc(C(CC)N(C)C)n1Cc1ccccc1. The van der Waals surface area contributed by atoms with Crippen molar-refractivity contribution >= 4 is 23.7 Å². The van der Waals surface area contributed by atoms with E-state index < -0.39 is 11.3 Å². The first-order valence-electron chi connectivity index (χ1n) is 9.76. The Hall–Kier alpha value is -2.39. The Kier molecular flexibility index (Phi) is 8.66. The lowest BCUT2D eigenvalue weighted by Gasteiger charge is -2.23. The van der Waals surface area contributed by atoms with Crippen LogP contribution in [0.1, 0.15) is 44.6 Å². The number of carbonyl (C=O) groups is 2. The molecule has 9 heteroatoms. The van der Waals surface area contributed by atoms with Gasteiger partial charge in [0.2, 0.25) is 5.91 Å². The van der Waals surface area contributed by atoms with Crippen LogP contribution >= 0.6 is 11.8 Å². The second-order valence-electron chi connectivity index (χ2n) is 6.91. The summed E-state index contributed by atoms with van der Waals surface area (Å²) in [4.78, 5) is 26.1. The lowest BCUT2D eigenvalue weighted by molar-refractivity contribution is -0.119. The van der Waals surface area contributed by atoms with Gasteiger partial charge in [0.15, 0.2) is 11.0 Å². The number of carbonyl (C=O) groups excluding carboxylic acids is 2. The number of amides is 3. The summed E-state index contributed by atoms with van der Waals surface area (Å²) in [5.41, 5.74) is 1.13. The lowest BCUT2D eigenvalue weighted by atomic mass is 10.2. The van der Waals surface area contributed by atoms with Crippen molar-refractivity contribution in [1.29, 1.82) is 0 Å². The van der Waals surface area contributed by atoms with E-state index >= 15 is 0 Å². The number of imide groups is 1. The highest BCUT2D eigenvalue weighted by Gasteiger charge is 2.25. The number of thioether (sulfide) groups is 1. The van der Waals surface area contributed by atoms with E-state index in [0.29, 0.717) is 18.2 Å². The molecular formula is C20H30N6O2S. The van der Waals surface area contributed by atoms with Gasteiger partial charge in [0.05, 0.1) is 17.8 Å². The summed E-state index contributed by atoms with van der Waals surface area (Å²) >= 11 is 1.30. The third-order valence-electron chi connectivity index (χ3n) is 4.46. The minimum atomic E-state index is -0.497. The Morgan fingerprint density at radius 1 is 1.17 bits per heavy atom. The van der Waals surface area contributed by atoms with Gasteiger partial charge in [-0.15, -0.1) is 10.2 Å². The maximum Gasteiger partial charge on any atom is 0.321 e. The first-order chi connectivity index (χ1) is 13.9. The predicted octanol–water partition coefficient (Wildman–Crippen LogP) is 2.67. The average Bonchev–Trinajstić information content (AvgIpc) is 3.05. The number of hydrogen-bond donors (Lipinski definition) is 2. The van der Waals surface area contributed by atoms with E-state index in [9.17, 15) is 9.59 Å². The quantitative estimate of drug-likeness (QED) is 0.608. The smallest absolute Gasteiger partial charge is 0.321 e. The first-order valence-corrected chi connectivity index (χ1v) is 10.6. The highest BCUT2D eigenvalue weighted by molar-refractivity contribution is 8.00. The van der Waals surface area contributed by atoms with Crippen LogP contribution in [0.2, 0.25) is 0 Å². The molecule has 1 heterocycles. The van der Waals surface area contributed by atoms with Crippen LogP contribution in [0, 0.1) is 0 Å². The van der Waals surface area contributed by atoms with Crippen molar-refractivity contribution in [3.63, 3.8) is 0 Å². The first kappa shape index (κ1) is 22.9. The number of benzene rings is 1. The van der Waals surface area contributed by atoms with Gasteiger partial charge in [0, 0.05) is 6.54 Å². The molecule has 0 bridgehead atoms.